The fourth-order valence-corrected chi connectivity index (χ4v) is 1.98. The molecule has 3 aromatic rings. The molecular weight excluding hydrogens is 266 g/mol. The molecule has 0 unspecified atom stereocenters. The van der Waals surface area contributed by atoms with E-state index in [2.05, 4.69) is 15.0 Å². The zero-order chi connectivity index (χ0) is 14.8. The number of pyridine rings is 1. The number of benzene rings is 1. The summed E-state index contributed by atoms with van der Waals surface area (Å²) < 4.78 is 0. The second-order valence-electron chi connectivity index (χ2n) is 4.74. The summed E-state index contributed by atoms with van der Waals surface area (Å²) in [7, 11) is 0. The van der Waals surface area contributed by atoms with Gasteiger partial charge in [0.1, 0.15) is 17.0 Å². The minimum atomic E-state index is -0.354. The van der Waals surface area contributed by atoms with E-state index in [1.807, 2.05) is 19.1 Å². The molecule has 0 aliphatic rings. The molecule has 0 radical (unpaired) electrons. The first kappa shape index (κ1) is 13.1. The molecule has 0 spiro atoms. The molecule has 0 amide bonds. The summed E-state index contributed by atoms with van der Waals surface area (Å²) in [5.74, 6) is -0.00348. The highest BCUT2D eigenvalue weighted by Gasteiger charge is 2.05. The summed E-state index contributed by atoms with van der Waals surface area (Å²) in [5.41, 5.74) is 2.70. The van der Waals surface area contributed by atoms with Crippen molar-refractivity contribution in [3.8, 4) is 0 Å². The number of hydrogen-bond acceptors (Lipinski definition) is 4. The maximum absolute atomic E-state index is 12.0. The number of aromatic amines is 1. The third-order valence-electron chi connectivity index (χ3n) is 3.14. The predicted octanol–water partition coefficient (Wildman–Crippen LogP) is 2.68. The summed E-state index contributed by atoms with van der Waals surface area (Å²) >= 11 is 0. The van der Waals surface area contributed by atoms with Gasteiger partial charge in [-0.3, -0.25) is 9.78 Å². The monoisotopic (exact) mass is 279 g/mol. The van der Waals surface area contributed by atoms with Crippen molar-refractivity contribution in [1.82, 2.24) is 15.0 Å². The topological polar surface area (TPSA) is 78.9 Å². The summed E-state index contributed by atoms with van der Waals surface area (Å²) in [5, 5.41) is 10.1. The third kappa shape index (κ3) is 2.67. The van der Waals surface area contributed by atoms with Crippen LogP contribution in [0.25, 0.3) is 22.9 Å². The molecule has 0 aliphatic carbocycles. The second-order valence-corrected chi connectivity index (χ2v) is 4.74. The lowest BCUT2D eigenvalue weighted by molar-refractivity contribution is 0.515. The van der Waals surface area contributed by atoms with Crippen LogP contribution in [0.15, 0.2) is 47.5 Å². The molecule has 5 nitrogen and oxygen atoms in total. The van der Waals surface area contributed by atoms with Gasteiger partial charge in [0, 0.05) is 17.8 Å². The second kappa shape index (κ2) is 5.20. The number of fused-ring (bicyclic) bond motifs is 1. The van der Waals surface area contributed by atoms with E-state index >= 15 is 0 Å². The molecule has 0 bridgehead atoms. The highest BCUT2D eigenvalue weighted by molar-refractivity contribution is 5.78. The molecule has 1 aromatic carbocycles. The Labute approximate surface area is 120 Å². The first-order valence-electron chi connectivity index (χ1n) is 6.45. The Morgan fingerprint density at radius 3 is 2.76 bits per heavy atom. The third-order valence-corrected chi connectivity index (χ3v) is 3.14. The molecule has 104 valence electrons. The Hall–Kier alpha value is -2.95. The summed E-state index contributed by atoms with van der Waals surface area (Å²) in [6.07, 6.45) is 4.50. The zero-order valence-electron chi connectivity index (χ0n) is 11.4. The predicted molar refractivity (Wildman–Crippen MR) is 81.8 cm³/mol. The molecule has 21 heavy (non-hydrogen) atoms. The van der Waals surface area contributed by atoms with Crippen molar-refractivity contribution in [3.63, 3.8) is 0 Å². The van der Waals surface area contributed by atoms with Crippen LogP contribution in [-0.2, 0) is 0 Å². The summed E-state index contributed by atoms with van der Waals surface area (Å²) in [6.45, 7) is 1.97. The van der Waals surface area contributed by atoms with Crippen LogP contribution < -0.4 is 5.56 Å². The Morgan fingerprint density at radius 1 is 1.24 bits per heavy atom. The molecule has 3 rings (SSSR count). The number of nitrogens with one attached hydrogen (secondary N) is 1. The summed E-state index contributed by atoms with van der Waals surface area (Å²) in [4.78, 5) is 22.8. The smallest absolute Gasteiger partial charge is 0.274 e. The largest absolute Gasteiger partial charge is 0.507 e. The van der Waals surface area contributed by atoms with Gasteiger partial charge in [-0.25, -0.2) is 4.98 Å². The van der Waals surface area contributed by atoms with Crippen molar-refractivity contribution < 1.29 is 5.11 Å². The molecule has 0 atom stereocenters. The van der Waals surface area contributed by atoms with E-state index in [0.717, 1.165) is 5.56 Å². The minimum absolute atomic E-state index is 0.00348. The van der Waals surface area contributed by atoms with E-state index in [9.17, 15) is 9.90 Å². The number of H-pyrrole nitrogens is 1. The highest BCUT2D eigenvalue weighted by atomic mass is 16.3. The van der Waals surface area contributed by atoms with Crippen LogP contribution in [-0.4, -0.2) is 20.1 Å². The fraction of sp³-hybridized carbons (Fsp3) is 0.0625. The Morgan fingerprint density at radius 2 is 2.00 bits per heavy atom. The van der Waals surface area contributed by atoms with Crippen molar-refractivity contribution in [3.05, 3.63) is 69.9 Å². The van der Waals surface area contributed by atoms with Gasteiger partial charge in [-0.05, 0) is 13.0 Å². The Kier molecular flexibility index (Phi) is 3.23. The van der Waals surface area contributed by atoms with E-state index < -0.39 is 0 Å². The van der Waals surface area contributed by atoms with E-state index in [0.29, 0.717) is 16.6 Å². The molecule has 2 heterocycles. The van der Waals surface area contributed by atoms with Crippen molar-refractivity contribution in [2.45, 2.75) is 6.92 Å². The van der Waals surface area contributed by atoms with Crippen LogP contribution in [0.4, 0.5) is 0 Å². The number of hydrogen-bond donors (Lipinski definition) is 2. The van der Waals surface area contributed by atoms with Gasteiger partial charge in [0.05, 0.1) is 11.7 Å². The van der Waals surface area contributed by atoms with Crippen molar-refractivity contribution >= 4 is 22.9 Å². The van der Waals surface area contributed by atoms with E-state index in [1.54, 1.807) is 30.6 Å². The maximum atomic E-state index is 12.0. The molecule has 5 heteroatoms. The normalized spacial score (nSPS) is 11.8. The average Bonchev–Trinajstić information content (AvgIpc) is 2.48. The molecule has 0 aliphatic heterocycles. The van der Waals surface area contributed by atoms with E-state index in [-0.39, 0.29) is 17.0 Å². The van der Waals surface area contributed by atoms with Crippen molar-refractivity contribution in [2.24, 2.45) is 0 Å². The maximum Gasteiger partial charge on any atom is 0.274 e. The number of aliphatic hydroxyl groups excluding tert-OH is 1. The van der Waals surface area contributed by atoms with Gasteiger partial charge in [-0.15, -0.1) is 0 Å². The lowest BCUT2D eigenvalue weighted by Gasteiger charge is -2.02. The van der Waals surface area contributed by atoms with Crippen molar-refractivity contribution in [1.29, 1.82) is 0 Å². The van der Waals surface area contributed by atoms with Gasteiger partial charge < -0.3 is 10.1 Å². The molecule has 2 N–H and O–H groups in total. The van der Waals surface area contributed by atoms with Crippen LogP contribution in [0.1, 0.15) is 16.8 Å². The first-order valence-corrected chi connectivity index (χ1v) is 6.45. The quantitative estimate of drug-likeness (QED) is 0.707. The van der Waals surface area contributed by atoms with Gasteiger partial charge in [0.15, 0.2) is 0 Å². The lowest BCUT2D eigenvalue weighted by atomic mass is 10.1. The Balaban J connectivity index is 2.07. The molecule has 0 fully saturated rings. The molecular formula is C16H13N3O2. The zero-order valence-corrected chi connectivity index (χ0v) is 11.4. The van der Waals surface area contributed by atoms with E-state index in [4.69, 9.17) is 0 Å². The van der Waals surface area contributed by atoms with Gasteiger partial charge in [-0.2, -0.15) is 0 Å². The molecule has 0 saturated heterocycles. The van der Waals surface area contributed by atoms with Gasteiger partial charge in [0.2, 0.25) is 0 Å². The van der Waals surface area contributed by atoms with Gasteiger partial charge in [-0.1, -0.05) is 29.8 Å². The highest BCUT2D eigenvalue weighted by Crippen LogP contribution is 2.15. The van der Waals surface area contributed by atoms with Crippen LogP contribution in [0, 0.1) is 6.92 Å². The number of aromatic nitrogens is 3. The van der Waals surface area contributed by atoms with Crippen LogP contribution in [0.5, 0.6) is 0 Å². The van der Waals surface area contributed by atoms with Crippen LogP contribution in [0.3, 0.4) is 0 Å². The minimum Gasteiger partial charge on any atom is -0.507 e. The standard InChI is InChI=1S/C16H13N3O2/c1-10-2-4-11(5-3-10)15(20)8-13-16(21)19-12-6-7-17-9-14(12)18-13/h2-9,20H,1H3,(H,19,21)/b15-8-. The van der Waals surface area contributed by atoms with E-state index in [1.165, 1.54) is 6.08 Å². The van der Waals surface area contributed by atoms with Gasteiger partial charge in [0.25, 0.3) is 5.56 Å². The lowest BCUT2D eigenvalue weighted by Crippen LogP contribution is -2.12. The summed E-state index contributed by atoms with van der Waals surface area (Å²) in [6, 6.07) is 9.04. The number of aryl methyl sites for hydroxylation is 1. The number of rotatable bonds is 2. The SMILES string of the molecule is Cc1ccc(/C(O)=C/c2nc3cnccc3[nH]c2=O)cc1. The van der Waals surface area contributed by atoms with Crippen molar-refractivity contribution in [2.75, 3.05) is 0 Å². The van der Waals surface area contributed by atoms with Crippen LogP contribution in [0.2, 0.25) is 0 Å². The number of aliphatic hydroxyl groups is 1. The Bertz CT molecular complexity index is 880. The fourth-order valence-electron chi connectivity index (χ4n) is 1.98. The first-order chi connectivity index (χ1) is 10.1. The van der Waals surface area contributed by atoms with Gasteiger partial charge >= 0.3 is 0 Å². The average molecular weight is 279 g/mol. The molecule has 0 saturated carbocycles. The van der Waals surface area contributed by atoms with Crippen LogP contribution >= 0.6 is 0 Å². The molecule has 2 aromatic heterocycles. The number of nitrogens with zero attached hydrogens (tertiary/aromatic N) is 2.